The number of amides is 3. The molecule has 0 heterocycles. The molecule has 52 valence electrons. The van der Waals surface area contributed by atoms with Crippen LogP contribution in [0, 0.1) is 0 Å². The summed E-state index contributed by atoms with van der Waals surface area (Å²) in [5.41, 5.74) is 6.10. The average molecular weight is 151 g/mol. The Labute approximate surface area is 56.2 Å². The third kappa shape index (κ3) is 4.75. The Morgan fingerprint density at radius 3 is 2.44 bits per heavy atom. The van der Waals surface area contributed by atoms with Crippen molar-refractivity contribution in [3.05, 3.63) is 0 Å². The van der Waals surface area contributed by atoms with E-state index in [4.69, 9.17) is 0 Å². The second-order valence-electron chi connectivity index (χ2n) is 0.964. The number of nitrogens with one attached hydrogen (secondary N) is 2. The van der Waals surface area contributed by atoms with Gasteiger partial charge in [0.25, 0.3) is 0 Å². The molecule has 0 rings (SSSR count). The number of thiol groups is 1. The highest BCUT2D eigenvalue weighted by Crippen LogP contribution is 1.67. The van der Waals surface area contributed by atoms with Crippen molar-refractivity contribution in [1.82, 2.24) is 10.2 Å². The fraction of sp³-hybridized carbons (Fsp3) is 0. The first-order valence-corrected chi connectivity index (χ1v) is 2.28. The first-order chi connectivity index (χ1) is 4.16. The molecule has 0 unspecified atom stereocenters. The summed E-state index contributed by atoms with van der Waals surface area (Å²) in [7, 11) is 0. The van der Waals surface area contributed by atoms with Gasteiger partial charge < -0.3 is 10.6 Å². The minimum atomic E-state index is -1.09. The molecule has 9 heavy (non-hydrogen) atoms. The maximum absolute atomic E-state index is 10.1. The number of rotatable bonds is 0. The molecule has 0 aromatic carbocycles. The van der Waals surface area contributed by atoms with E-state index in [1.807, 2.05) is 4.72 Å². The topological polar surface area (TPSA) is 93.5 Å². The van der Waals surface area contributed by atoms with E-state index < -0.39 is 12.1 Å². The van der Waals surface area contributed by atoms with Gasteiger partial charge in [-0.1, -0.05) is 12.8 Å². The summed E-state index contributed by atoms with van der Waals surface area (Å²) in [5, 5.41) is 0. The molecule has 0 radical (unpaired) electrons. The first kappa shape index (κ1) is 7.89. The summed E-state index contributed by atoms with van der Waals surface area (Å²) in [6.45, 7) is 0. The molecule has 0 aliphatic carbocycles. The van der Waals surface area contributed by atoms with E-state index in [-0.39, 0.29) is 0 Å². The largest absolute Gasteiger partial charge is 0.428 e. The SMILES string of the molecule is NC(=O)ONC(=O)NS. The van der Waals surface area contributed by atoms with E-state index in [2.05, 4.69) is 23.4 Å². The van der Waals surface area contributed by atoms with Gasteiger partial charge in [-0.25, -0.2) is 9.59 Å². The van der Waals surface area contributed by atoms with Crippen molar-refractivity contribution >= 4 is 24.9 Å². The van der Waals surface area contributed by atoms with Crippen LogP contribution in [0.2, 0.25) is 0 Å². The molecule has 0 aromatic heterocycles. The molecule has 7 heteroatoms. The van der Waals surface area contributed by atoms with Gasteiger partial charge in [-0.3, -0.25) is 4.72 Å². The molecule has 0 fully saturated rings. The number of carbonyl (C=O) groups is 2. The maximum atomic E-state index is 10.1. The van der Waals surface area contributed by atoms with Crippen LogP contribution in [0.5, 0.6) is 0 Å². The summed E-state index contributed by atoms with van der Waals surface area (Å²) in [6.07, 6.45) is -1.09. The molecule has 0 saturated heterocycles. The standard InChI is InChI=1S/C2H5N3O3S/c3-1(6)8-4-2(7)5-9/h9H,(H2,3,6)(H2,4,5,7). The van der Waals surface area contributed by atoms with Crippen molar-refractivity contribution in [2.75, 3.05) is 0 Å². The van der Waals surface area contributed by atoms with E-state index in [0.29, 0.717) is 0 Å². The summed E-state index contributed by atoms with van der Waals surface area (Å²) in [5.74, 6) is 0. The molecule has 0 aromatic rings. The second kappa shape index (κ2) is 3.84. The van der Waals surface area contributed by atoms with Crippen molar-refractivity contribution < 1.29 is 14.4 Å². The van der Waals surface area contributed by atoms with E-state index in [0.717, 1.165) is 0 Å². The van der Waals surface area contributed by atoms with Crippen LogP contribution in [0.25, 0.3) is 0 Å². The summed E-state index contributed by atoms with van der Waals surface area (Å²) in [4.78, 5) is 23.7. The predicted octanol–water partition coefficient (Wildman–Crippen LogP) is -0.859. The quantitative estimate of drug-likeness (QED) is 0.268. The van der Waals surface area contributed by atoms with Crippen LogP contribution in [-0.2, 0) is 4.84 Å². The smallest absolute Gasteiger partial charge is 0.333 e. The lowest BCUT2D eigenvalue weighted by Crippen LogP contribution is -2.34. The third-order valence-corrected chi connectivity index (χ3v) is 0.549. The number of primary amides is 1. The van der Waals surface area contributed by atoms with Gasteiger partial charge in [-0.05, 0) is 0 Å². The molecule has 6 nitrogen and oxygen atoms in total. The average Bonchev–Trinajstić information content (AvgIpc) is 1.83. The number of hydroxylamine groups is 1. The Balaban J connectivity index is 3.28. The molecule has 0 aliphatic heterocycles. The van der Waals surface area contributed by atoms with Crippen LogP contribution in [0.15, 0.2) is 0 Å². The van der Waals surface area contributed by atoms with Gasteiger partial charge in [0.05, 0.1) is 0 Å². The van der Waals surface area contributed by atoms with E-state index in [1.54, 1.807) is 5.48 Å². The fourth-order valence-electron chi connectivity index (χ4n) is 0.119. The Hall–Kier alpha value is -1.11. The molecule has 0 spiro atoms. The summed E-state index contributed by atoms with van der Waals surface area (Å²) >= 11 is 3.32. The van der Waals surface area contributed by atoms with Crippen molar-refractivity contribution in [1.29, 1.82) is 0 Å². The first-order valence-electron chi connectivity index (χ1n) is 1.83. The van der Waals surface area contributed by atoms with Crippen LogP contribution < -0.4 is 15.9 Å². The number of hydrogen-bond donors (Lipinski definition) is 4. The molecule has 0 bridgehead atoms. The lowest BCUT2D eigenvalue weighted by molar-refractivity contribution is 0.110. The maximum Gasteiger partial charge on any atom is 0.428 e. The number of urea groups is 1. The Morgan fingerprint density at radius 2 is 2.11 bits per heavy atom. The monoisotopic (exact) mass is 151 g/mol. The van der Waals surface area contributed by atoms with Crippen molar-refractivity contribution in [2.45, 2.75) is 0 Å². The van der Waals surface area contributed by atoms with Gasteiger partial charge in [0, 0.05) is 0 Å². The Morgan fingerprint density at radius 1 is 1.56 bits per heavy atom. The highest BCUT2D eigenvalue weighted by atomic mass is 32.1. The van der Waals surface area contributed by atoms with Crippen LogP contribution in [0.4, 0.5) is 9.59 Å². The van der Waals surface area contributed by atoms with Crippen LogP contribution >= 0.6 is 12.8 Å². The third-order valence-electron chi connectivity index (χ3n) is 0.346. The minimum Gasteiger partial charge on any atom is -0.333 e. The highest BCUT2D eigenvalue weighted by molar-refractivity contribution is 7.78. The minimum absolute atomic E-state index is 0.767. The number of nitrogens with two attached hydrogens (primary N) is 1. The van der Waals surface area contributed by atoms with Crippen LogP contribution in [0.1, 0.15) is 0 Å². The van der Waals surface area contributed by atoms with Gasteiger partial charge in [-0.15, -0.1) is 0 Å². The lowest BCUT2D eigenvalue weighted by Gasteiger charge is -1.98. The molecule has 0 aliphatic rings. The van der Waals surface area contributed by atoms with E-state index >= 15 is 0 Å². The van der Waals surface area contributed by atoms with Gasteiger partial charge in [0.15, 0.2) is 0 Å². The van der Waals surface area contributed by atoms with Crippen molar-refractivity contribution in [3.63, 3.8) is 0 Å². The number of hydrogen-bond acceptors (Lipinski definition) is 4. The molecule has 3 amide bonds. The van der Waals surface area contributed by atoms with E-state index in [9.17, 15) is 9.59 Å². The Kier molecular flexibility index (Phi) is 3.37. The number of carbonyl (C=O) groups excluding carboxylic acids is 2. The fourth-order valence-corrected chi connectivity index (χ4v) is 0.165. The predicted molar refractivity (Wildman–Crippen MR) is 31.3 cm³/mol. The van der Waals surface area contributed by atoms with Gasteiger partial charge in [-0.2, -0.15) is 5.48 Å². The highest BCUT2D eigenvalue weighted by Gasteiger charge is 1.97. The zero-order chi connectivity index (χ0) is 7.28. The molecule has 0 saturated carbocycles. The molecule has 0 atom stereocenters. The summed E-state index contributed by atoms with van der Waals surface area (Å²) in [6, 6.07) is -0.767. The van der Waals surface area contributed by atoms with Crippen LogP contribution in [-0.4, -0.2) is 12.1 Å². The van der Waals surface area contributed by atoms with Crippen molar-refractivity contribution in [3.8, 4) is 0 Å². The van der Waals surface area contributed by atoms with Crippen molar-refractivity contribution in [2.24, 2.45) is 5.73 Å². The van der Waals surface area contributed by atoms with Crippen LogP contribution in [0.3, 0.4) is 0 Å². The zero-order valence-electron chi connectivity index (χ0n) is 4.25. The second-order valence-corrected chi connectivity index (χ2v) is 1.19. The van der Waals surface area contributed by atoms with Gasteiger partial charge in [0.2, 0.25) is 0 Å². The zero-order valence-corrected chi connectivity index (χ0v) is 5.14. The molecule has 4 N–H and O–H groups in total. The lowest BCUT2D eigenvalue weighted by atomic mass is 11.1. The Bertz CT molecular complexity index is 126. The molecular weight excluding hydrogens is 146 g/mol. The summed E-state index contributed by atoms with van der Waals surface area (Å²) < 4.78 is 1.83. The molecular formula is C2H5N3O3S. The van der Waals surface area contributed by atoms with E-state index in [1.165, 1.54) is 0 Å². The van der Waals surface area contributed by atoms with Gasteiger partial charge >= 0.3 is 12.1 Å². The normalized spacial score (nSPS) is 7.67. The van der Waals surface area contributed by atoms with Gasteiger partial charge in [0.1, 0.15) is 0 Å².